The van der Waals surface area contributed by atoms with Gasteiger partial charge in [0.05, 0.1) is 0 Å². The molecule has 0 bridgehead atoms. The van der Waals surface area contributed by atoms with Crippen LogP contribution in [0.15, 0.2) is 0 Å². The summed E-state index contributed by atoms with van der Waals surface area (Å²) in [6.45, 7) is 0. The summed E-state index contributed by atoms with van der Waals surface area (Å²) in [5, 5.41) is 0. The van der Waals surface area contributed by atoms with Crippen LogP contribution >= 0.6 is 22.9 Å². The minimum absolute atomic E-state index is 1.72. The first-order chi connectivity index (χ1) is 1.73. The summed E-state index contributed by atoms with van der Waals surface area (Å²) in [7, 11) is 0. The Morgan fingerprint density at radius 1 is 1.50 bits per heavy atom. The lowest BCUT2D eigenvalue weighted by atomic mass is 10.6. The highest BCUT2D eigenvalue weighted by Gasteiger charge is 1.95. The highest BCUT2D eigenvalue weighted by atomic mass is 35.5. The SMILES string of the molecule is FB(Cl)Cl. The molecule has 24 valence electrons. The minimum Gasteiger partial charge on any atom is -0.288 e. The Balaban J connectivity index is 2.32. The van der Waals surface area contributed by atoms with Gasteiger partial charge >= 0.3 is 5.82 Å². The third-order valence-corrected chi connectivity index (χ3v) is 0. The van der Waals surface area contributed by atoms with Crippen LogP contribution in [0.1, 0.15) is 0 Å². The van der Waals surface area contributed by atoms with Crippen molar-refractivity contribution in [3.63, 3.8) is 0 Å². The van der Waals surface area contributed by atoms with Crippen molar-refractivity contribution in [2.75, 3.05) is 0 Å². The van der Waals surface area contributed by atoms with Crippen LogP contribution in [-0.4, -0.2) is 5.82 Å². The molecule has 0 atom stereocenters. The zero-order chi connectivity index (χ0) is 3.58. The molecule has 4 heavy (non-hydrogen) atoms. The monoisotopic (exact) mass is 99.9 g/mol. The van der Waals surface area contributed by atoms with Gasteiger partial charge in [-0.25, -0.2) is 0 Å². The van der Waals surface area contributed by atoms with Crippen molar-refractivity contribution in [1.29, 1.82) is 0 Å². The van der Waals surface area contributed by atoms with E-state index in [4.69, 9.17) is 0 Å². The van der Waals surface area contributed by atoms with Gasteiger partial charge in [0.1, 0.15) is 0 Å². The van der Waals surface area contributed by atoms with E-state index in [1.54, 1.807) is 0 Å². The lowest BCUT2D eigenvalue weighted by molar-refractivity contribution is 0.884. The van der Waals surface area contributed by atoms with Gasteiger partial charge in [0.25, 0.3) is 0 Å². The second-order valence-corrected chi connectivity index (χ2v) is 1.24. The molecule has 0 unspecified atom stereocenters. The van der Waals surface area contributed by atoms with E-state index in [2.05, 4.69) is 22.9 Å². The van der Waals surface area contributed by atoms with Gasteiger partial charge in [-0.3, -0.25) is 4.32 Å². The van der Waals surface area contributed by atoms with Crippen LogP contribution in [0.25, 0.3) is 0 Å². The second kappa shape index (κ2) is 1.85. The van der Waals surface area contributed by atoms with E-state index in [1.165, 1.54) is 0 Å². The molecule has 0 radical (unpaired) electrons. The summed E-state index contributed by atoms with van der Waals surface area (Å²) < 4.78 is 10.5. The van der Waals surface area contributed by atoms with E-state index >= 15 is 0 Å². The molecule has 0 aromatic carbocycles. The van der Waals surface area contributed by atoms with Gasteiger partial charge in [0, 0.05) is 0 Å². The van der Waals surface area contributed by atoms with Gasteiger partial charge in [0.15, 0.2) is 0 Å². The van der Waals surface area contributed by atoms with Gasteiger partial charge in [-0.2, -0.15) is 0 Å². The fraction of sp³-hybridized carbons (Fsp3) is 0. The average Bonchev–Trinajstić information content (AvgIpc) is 0.811. The van der Waals surface area contributed by atoms with Crippen molar-refractivity contribution in [1.82, 2.24) is 0 Å². The summed E-state index contributed by atoms with van der Waals surface area (Å²) in [6, 6.07) is 0. The Labute approximate surface area is 33.9 Å². The maximum absolute atomic E-state index is 10.5. The highest BCUT2D eigenvalue weighted by Crippen LogP contribution is 1.92. The van der Waals surface area contributed by atoms with Crippen molar-refractivity contribution in [2.24, 2.45) is 0 Å². The lowest BCUT2D eigenvalue weighted by Crippen LogP contribution is -1.69. The molecule has 4 heteroatoms. The molecule has 0 amide bonds. The smallest absolute Gasteiger partial charge is 0.288 e. The third kappa shape index (κ3) is 19.3. The molecule has 0 N–H and O–H groups in total. The zero-order valence-corrected chi connectivity index (χ0v) is 3.22. The summed E-state index contributed by atoms with van der Waals surface area (Å²) >= 11 is 8.75. The molecule has 0 aromatic heterocycles. The Kier molecular flexibility index (Phi) is 2.12. The Bertz CT molecular complexity index is 10.8. The van der Waals surface area contributed by atoms with Gasteiger partial charge < -0.3 is 0 Å². The molecule has 0 saturated heterocycles. The van der Waals surface area contributed by atoms with Crippen molar-refractivity contribution in [3.8, 4) is 0 Å². The van der Waals surface area contributed by atoms with Gasteiger partial charge in [0.2, 0.25) is 0 Å². The first kappa shape index (κ1) is 4.57. The van der Waals surface area contributed by atoms with Crippen LogP contribution < -0.4 is 0 Å². The molecule has 0 aliphatic rings. The second-order valence-electron chi connectivity index (χ2n) is 0.247. The quantitative estimate of drug-likeness (QED) is 0.404. The molecule has 0 aliphatic heterocycles. The summed E-state index contributed by atoms with van der Waals surface area (Å²) in [4.78, 5) is 0. The minimum atomic E-state index is -1.72. The lowest BCUT2D eigenvalue weighted by Gasteiger charge is -1.59. The van der Waals surface area contributed by atoms with Crippen LogP contribution in [0.2, 0.25) is 0 Å². The van der Waals surface area contributed by atoms with Gasteiger partial charge in [-0.1, -0.05) is 0 Å². The van der Waals surface area contributed by atoms with Gasteiger partial charge in [-0.15, -0.1) is 22.9 Å². The van der Waals surface area contributed by atoms with E-state index in [-0.39, 0.29) is 0 Å². The number of hydrogen-bond donors (Lipinski definition) is 0. The molecule has 0 rings (SSSR count). The maximum Gasteiger partial charge on any atom is 0.548 e. The van der Waals surface area contributed by atoms with E-state index in [1.807, 2.05) is 0 Å². The number of rotatable bonds is 0. The number of hydrogen-bond acceptors (Lipinski definition) is 0. The molecule has 0 heterocycles. The molecular formula is BCl2F. The predicted octanol–water partition coefficient (Wildman–Crippen LogP) is 1.42. The van der Waals surface area contributed by atoms with Crippen molar-refractivity contribution in [3.05, 3.63) is 0 Å². The van der Waals surface area contributed by atoms with Gasteiger partial charge in [-0.05, 0) is 0 Å². The molecule has 0 fully saturated rings. The molecule has 0 spiro atoms. The van der Waals surface area contributed by atoms with E-state index < -0.39 is 5.82 Å². The predicted molar refractivity (Wildman–Crippen MR) is 18.6 cm³/mol. The molecule has 0 saturated carbocycles. The van der Waals surface area contributed by atoms with Crippen LogP contribution in [-0.2, 0) is 0 Å². The Morgan fingerprint density at radius 3 is 1.50 bits per heavy atom. The first-order valence-corrected chi connectivity index (χ1v) is 1.53. The zero-order valence-electron chi connectivity index (χ0n) is 1.71. The van der Waals surface area contributed by atoms with Crippen molar-refractivity contribution in [2.45, 2.75) is 0 Å². The van der Waals surface area contributed by atoms with Crippen LogP contribution in [0.5, 0.6) is 0 Å². The molecular weight excluding hydrogens is 101 g/mol. The van der Waals surface area contributed by atoms with Crippen LogP contribution in [0, 0.1) is 0 Å². The third-order valence-electron chi connectivity index (χ3n) is 0. The molecule has 0 aliphatic carbocycles. The Morgan fingerprint density at radius 2 is 1.50 bits per heavy atom. The summed E-state index contributed by atoms with van der Waals surface area (Å²) in [6.07, 6.45) is 0. The standard InChI is InChI=1S/BCl2F/c2-1(3)4. The first-order valence-electron chi connectivity index (χ1n) is 0.655. The van der Waals surface area contributed by atoms with Crippen molar-refractivity contribution < 1.29 is 4.32 Å². The average molecular weight is 101 g/mol. The van der Waals surface area contributed by atoms with E-state index in [9.17, 15) is 4.32 Å². The fourth-order valence-electron chi connectivity index (χ4n) is 0. The number of halogens is 3. The normalized spacial score (nSPS) is 6.75. The fourth-order valence-corrected chi connectivity index (χ4v) is 0. The summed E-state index contributed by atoms with van der Waals surface area (Å²) in [5.74, 6) is -1.72. The highest BCUT2D eigenvalue weighted by molar-refractivity contribution is 7.30. The molecule has 0 nitrogen and oxygen atoms in total. The maximum atomic E-state index is 10.5. The Hall–Kier alpha value is 0.575. The molecule has 0 aromatic rings. The van der Waals surface area contributed by atoms with Crippen molar-refractivity contribution >= 4 is 28.7 Å². The summed E-state index contributed by atoms with van der Waals surface area (Å²) in [5.41, 5.74) is 0. The van der Waals surface area contributed by atoms with E-state index in [0.717, 1.165) is 0 Å². The van der Waals surface area contributed by atoms with E-state index in [0.29, 0.717) is 0 Å². The van der Waals surface area contributed by atoms with Crippen LogP contribution in [0.3, 0.4) is 0 Å². The topological polar surface area (TPSA) is 0 Å². The largest absolute Gasteiger partial charge is 0.548 e. The van der Waals surface area contributed by atoms with Crippen LogP contribution in [0.4, 0.5) is 4.32 Å².